The van der Waals surface area contributed by atoms with E-state index in [0.29, 0.717) is 12.5 Å². The number of aryl methyl sites for hydroxylation is 1. The van der Waals surface area contributed by atoms with Crippen molar-refractivity contribution in [3.05, 3.63) is 18.7 Å². The molecule has 1 aromatic heterocycles. The zero-order chi connectivity index (χ0) is 13.2. The Bertz CT molecular complexity index is 322. The molecule has 0 atom stereocenters. The molecule has 0 aliphatic carbocycles. The Morgan fingerprint density at radius 3 is 2.83 bits per heavy atom. The van der Waals surface area contributed by atoms with Crippen LogP contribution in [0.1, 0.15) is 33.1 Å². The molecule has 0 saturated carbocycles. The molecule has 0 fully saturated rings. The summed E-state index contributed by atoms with van der Waals surface area (Å²) in [6, 6.07) is 0.489. The molecule has 1 aromatic rings. The molecule has 0 spiro atoms. The number of carbonyl (C=O) groups is 1. The highest BCUT2D eigenvalue weighted by Crippen LogP contribution is 1.91. The van der Waals surface area contributed by atoms with Crippen LogP contribution in [-0.4, -0.2) is 34.6 Å². The van der Waals surface area contributed by atoms with Gasteiger partial charge in [0, 0.05) is 37.9 Å². The maximum Gasteiger partial charge on any atom is 0.220 e. The molecule has 18 heavy (non-hydrogen) atoms. The maximum absolute atomic E-state index is 11.5. The van der Waals surface area contributed by atoms with Crippen molar-refractivity contribution in [2.45, 2.75) is 45.7 Å². The Hall–Kier alpha value is -1.36. The summed E-state index contributed by atoms with van der Waals surface area (Å²) in [5, 5.41) is 6.23. The fraction of sp³-hybridized carbons (Fsp3) is 0.692. The average Bonchev–Trinajstić information content (AvgIpc) is 2.83. The van der Waals surface area contributed by atoms with Crippen molar-refractivity contribution in [1.82, 2.24) is 20.2 Å². The van der Waals surface area contributed by atoms with Crippen LogP contribution in [0.5, 0.6) is 0 Å². The van der Waals surface area contributed by atoms with Crippen LogP contribution in [0.2, 0.25) is 0 Å². The maximum atomic E-state index is 11.5. The number of hydrogen-bond acceptors (Lipinski definition) is 3. The van der Waals surface area contributed by atoms with Crippen molar-refractivity contribution in [3.8, 4) is 0 Å². The van der Waals surface area contributed by atoms with E-state index in [1.807, 2.05) is 10.8 Å². The van der Waals surface area contributed by atoms with Crippen molar-refractivity contribution >= 4 is 5.91 Å². The highest BCUT2D eigenvalue weighted by Gasteiger charge is 2.00. The molecule has 1 amide bonds. The highest BCUT2D eigenvalue weighted by molar-refractivity contribution is 5.75. The Kier molecular flexibility index (Phi) is 7.10. The van der Waals surface area contributed by atoms with Gasteiger partial charge in [-0.2, -0.15) is 0 Å². The normalized spacial score (nSPS) is 10.8. The van der Waals surface area contributed by atoms with E-state index in [2.05, 4.69) is 29.5 Å². The quantitative estimate of drug-likeness (QED) is 0.649. The minimum Gasteiger partial charge on any atom is -0.356 e. The molecule has 5 nitrogen and oxygen atoms in total. The first kappa shape index (κ1) is 14.7. The van der Waals surface area contributed by atoms with E-state index in [9.17, 15) is 4.79 Å². The first-order valence-corrected chi connectivity index (χ1v) is 6.64. The average molecular weight is 252 g/mol. The van der Waals surface area contributed by atoms with Crippen molar-refractivity contribution < 1.29 is 4.79 Å². The first-order chi connectivity index (χ1) is 8.68. The largest absolute Gasteiger partial charge is 0.356 e. The molecular weight excluding hydrogens is 228 g/mol. The van der Waals surface area contributed by atoms with Crippen LogP contribution >= 0.6 is 0 Å². The fourth-order valence-corrected chi connectivity index (χ4v) is 1.64. The van der Waals surface area contributed by atoms with Gasteiger partial charge in [-0.15, -0.1) is 0 Å². The van der Waals surface area contributed by atoms with Crippen LogP contribution in [0.25, 0.3) is 0 Å². The molecule has 1 heterocycles. The Labute approximate surface area is 109 Å². The predicted octanol–water partition coefficient (Wildman–Crippen LogP) is 1.17. The molecule has 5 heteroatoms. The number of carbonyl (C=O) groups excluding carboxylic acids is 1. The van der Waals surface area contributed by atoms with Gasteiger partial charge in [0.2, 0.25) is 5.91 Å². The van der Waals surface area contributed by atoms with Gasteiger partial charge in [0.1, 0.15) is 0 Å². The summed E-state index contributed by atoms with van der Waals surface area (Å²) in [5.74, 6) is 0.145. The zero-order valence-corrected chi connectivity index (χ0v) is 11.4. The van der Waals surface area contributed by atoms with Gasteiger partial charge in [-0.05, 0) is 19.4 Å². The molecule has 0 bridgehead atoms. The van der Waals surface area contributed by atoms with Crippen LogP contribution in [0.15, 0.2) is 18.7 Å². The number of nitrogens with one attached hydrogen (secondary N) is 2. The van der Waals surface area contributed by atoms with Crippen molar-refractivity contribution in [1.29, 1.82) is 0 Å². The number of amides is 1. The standard InChI is InChI=1S/C13H24N4O/c1-12(2)15-6-3-5-13(18)16-7-4-9-17-10-8-14-11-17/h8,10-12,15H,3-7,9H2,1-2H3,(H,16,18). The summed E-state index contributed by atoms with van der Waals surface area (Å²) >= 11 is 0. The first-order valence-electron chi connectivity index (χ1n) is 6.64. The Balaban J connectivity index is 1.93. The molecule has 0 saturated heterocycles. The van der Waals surface area contributed by atoms with Crippen LogP contribution in [-0.2, 0) is 11.3 Å². The highest BCUT2D eigenvalue weighted by atomic mass is 16.1. The van der Waals surface area contributed by atoms with E-state index in [1.54, 1.807) is 12.5 Å². The summed E-state index contributed by atoms with van der Waals surface area (Å²) in [6.45, 7) is 6.75. The van der Waals surface area contributed by atoms with Gasteiger partial charge in [-0.3, -0.25) is 4.79 Å². The van der Waals surface area contributed by atoms with E-state index in [-0.39, 0.29) is 5.91 Å². The van der Waals surface area contributed by atoms with Gasteiger partial charge in [-0.25, -0.2) is 4.98 Å². The van der Waals surface area contributed by atoms with E-state index >= 15 is 0 Å². The van der Waals surface area contributed by atoms with E-state index in [0.717, 1.165) is 32.5 Å². The van der Waals surface area contributed by atoms with Crippen molar-refractivity contribution in [2.75, 3.05) is 13.1 Å². The molecule has 0 aliphatic heterocycles. The van der Waals surface area contributed by atoms with Crippen LogP contribution in [0.4, 0.5) is 0 Å². The molecule has 0 unspecified atom stereocenters. The lowest BCUT2D eigenvalue weighted by atomic mass is 10.2. The smallest absolute Gasteiger partial charge is 0.220 e. The summed E-state index contributed by atoms with van der Waals surface area (Å²) in [4.78, 5) is 15.5. The number of nitrogens with zero attached hydrogens (tertiary/aromatic N) is 2. The van der Waals surface area contributed by atoms with Gasteiger partial charge >= 0.3 is 0 Å². The fourth-order valence-electron chi connectivity index (χ4n) is 1.64. The molecule has 2 N–H and O–H groups in total. The molecule has 0 aliphatic rings. The number of aromatic nitrogens is 2. The summed E-state index contributed by atoms with van der Waals surface area (Å²) in [7, 11) is 0. The summed E-state index contributed by atoms with van der Waals surface area (Å²) in [5.41, 5.74) is 0. The van der Waals surface area contributed by atoms with E-state index in [1.165, 1.54) is 0 Å². The van der Waals surface area contributed by atoms with Crippen LogP contribution < -0.4 is 10.6 Å². The number of hydrogen-bond donors (Lipinski definition) is 2. The van der Waals surface area contributed by atoms with Gasteiger partial charge in [-0.1, -0.05) is 13.8 Å². The molecule has 1 rings (SSSR count). The second kappa shape index (κ2) is 8.69. The number of imidazole rings is 1. The molecule has 0 aromatic carbocycles. The predicted molar refractivity (Wildman–Crippen MR) is 72.2 cm³/mol. The summed E-state index contributed by atoms with van der Waals surface area (Å²) in [6.07, 6.45) is 7.92. The lowest BCUT2D eigenvalue weighted by Gasteiger charge is -2.08. The second-order valence-electron chi connectivity index (χ2n) is 4.72. The van der Waals surface area contributed by atoms with Crippen molar-refractivity contribution in [3.63, 3.8) is 0 Å². The molecular formula is C13H24N4O. The van der Waals surface area contributed by atoms with Gasteiger partial charge in [0.15, 0.2) is 0 Å². The SMILES string of the molecule is CC(C)NCCCC(=O)NCCCn1ccnc1. The van der Waals surface area contributed by atoms with Gasteiger partial charge in [0.05, 0.1) is 6.33 Å². The third-order valence-corrected chi connectivity index (χ3v) is 2.61. The van der Waals surface area contributed by atoms with Gasteiger partial charge in [0.25, 0.3) is 0 Å². The minimum absolute atomic E-state index is 0.145. The minimum atomic E-state index is 0.145. The zero-order valence-electron chi connectivity index (χ0n) is 11.4. The third kappa shape index (κ3) is 7.06. The van der Waals surface area contributed by atoms with Crippen molar-refractivity contribution in [2.24, 2.45) is 0 Å². The number of rotatable bonds is 9. The van der Waals surface area contributed by atoms with E-state index in [4.69, 9.17) is 0 Å². The summed E-state index contributed by atoms with van der Waals surface area (Å²) < 4.78 is 2.01. The monoisotopic (exact) mass is 252 g/mol. The Morgan fingerprint density at radius 2 is 2.17 bits per heavy atom. The van der Waals surface area contributed by atoms with Crippen LogP contribution in [0.3, 0.4) is 0 Å². The topological polar surface area (TPSA) is 59.0 Å². The van der Waals surface area contributed by atoms with Gasteiger partial charge < -0.3 is 15.2 Å². The molecule has 0 radical (unpaired) electrons. The third-order valence-electron chi connectivity index (χ3n) is 2.61. The molecule has 102 valence electrons. The second-order valence-corrected chi connectivity index (χ2v) is 4.72. The van der Waals surface area contributed by atoms with E-state index < -0.39 is 0 Å². The van der Waals surface area contributed by atoms with Crippen LogP contribution in [0, 0.1) is 0 Å². The Morgan fingerprint density at radius 1 is 1.33 bits per heavy atom. The lowest BCUT2D eigenvalue weighted by molar-refractivity contribution is -0.121. The lowest BCUT2D eigenvalue weighted by Crippen LogP contribution is -2.28.